The van der Waals surface area contributed by atoms with Crippen molar-refractivity contribution in [3.05, 3.63) is 59.2 Å². The number of anilines is 1. The number of alkyl halides is 3. The second-order valence-corrected chi connectivity index (χ2v) is 5.48. The molecule has 2 N–H and O–H groups in total. The Morgan fingerprint density at radius 2 is 1.88 bits per heavy atom. The van der Waals surface area contributed by atoms with Gasteiger partial charge in [-0.3, -0.25) is 4.79 Å². The quantitative estimate of drug-likeness (QED) is 0.609. The molecule has 0 saturated heterocycles. The van der Waals surface area contributed by atoms with Gasteiger partial charge in [0.15, 0.2) is 0 Å². The molecule has 0 aliphatic heterocycles. The van der Waals surface area contributed by atoms with E-state index in [-0.39, 0.29) is 16.4 Å². The SMILES string of the molecule is COC(=O)C(NC(=O)c1cccc(Cl)c1)(Nc1ccccn1)C(F)(F)F. The Labute approximate surface area is 151 Å². The van der Waals surface area contributed by atoms with Crippen molar-refractivity contribution < 1.29 is 27.5 Å². The van der Waals surface area contributed by atoms with Crippen molar-refractivity contribution in [1.29, 1.82) is 0 Å². The molecular weight excluding hydrogens is 375 g/mol. The second-order valence-electron chi connectivity index (χ2n) is 5.04. The molecule has 6 nitrogen and oxygen atoms in total. The Hall–Kier alpha value is -2.81. The topological polar surface area (TPSA) is 80.3 Å². The van der Waals surface area contributed by atoms with Gasteiger partial charge in [0.2, 0.25) is 0 Å². The Balaban J connectivity index is 2.48. The molecule has 0 spiro atoms. The number of hydrogen-bond acceptors (Lipinski definition) is 5. The summed E-state index contributed by atoms with van der Waals surface area (Å²) >= 11 is 5.75. The molecular formula is C16H13ClF3N3O3. The van der Waals surface area contributed by atoms with Crippen LogP contribution >= 0.6 is 11.6 Å². The lowest BCUT2D eigenvalue weighted by Crippen LogP contribution is -2.69. The van der Waals surface area contributed by atoms with E-state index >= 15 is 0 Å². The number of hydrogen-bond donors (Lipinski definition) is 2. The van der Waals surface area contributed by atoms with Gasteiger partial charge in [0, 0.05) is 16.8 Å². The first-order chi connectivity index (χ1) is 12.2. The maximum absolute atomic E-state index is 13.8. The number of carbonyl (C=O) groups is 2. The summed E-state index contributed by atoms with van der Waals surface area (Å²) in [6, 6.07) is 9.33. The van der Waals surface area contributed by atoms with Crippen molar-refractivity contribution in [2.24, 2.45) is 0 Å². The van der Waals surface area contributed by atoms with Crippen LogP contribution in [0.1, 0.15) is 10.4 Å². The highest BCUT2D eigenvalue weighted by Crippen LogP contribution is 2.33. The van der Waals surface area contributed by atoms with Crippen LogP contribution in [-0.4, -0.2) is 35.8 Å². The minimum Gasteiger partial charge on any atom is -0.466 e. The second kappa shape index (κ2) is 7.61. The molecule has 1 aromatic heterocycles. The first-order valence-electron chi connectivity index (χ1n) is 7.12. The minimum absolute atomic E-state index is 0.144. The number of amides is 1. The van der Waals surface area contributed by atoms with Crippen LogP contribution < -0.4 is 10.6 Å². The molecule has 1 amide bonds. The predicted molar refractivity (Wildman–Crippen MR) is 87.6 cm³/mol. The van der Waals surface area contributed by atoms with Crippen LogP contribution in [0.3, 0.4) is 0 Å². The molecule has 1 atom stereocenters. The summed E-state index contributed by atoms with van der Waals surface area (Å²) in [6.45, 7) is 0. The van der Waals surface area contributed by atoms with E-state index in [0.29, 0.717) is 0 Å². The van der Waals surface area contributed by atoms with E-state index in [1.54, 1.807) is 5.32 Å². The van der Waals surface area contributed by atoms with Gasteiger partial charge in [0.1, 0.15) is 5.82 Å². The average molecular weight is 388 g/mol. The summed E-state index contributed by atoms with van der Waals surface area (Å²) in [6.07, 6.45) is -4.02. The normalized spacial score (nSPS) is 13.4. The number of carbonyl (C=O) groups excluding carboxylic acids is 2. The molecule has 1 aromatic carbocycles. The number of aromatic nitrogens is 1. The number of ether oxygens (including phenoxy) is 1. The minimum atomic E-state index is -5.24. The molecule has 1 unspecified atom stereocenters. The molecule has 0 bridgehead atoms. The first kappa shape index (κ1) is 19.5. The number of esters is 1. The third-order valence-electron chi connectivity index (χ3n) is 3.29. The van der Waals surface area contributed by atoms with E-state index in [9.17, 15) is 22.8 Å². The fourth-order valence-corrected chi connectivity index (χ4v) is 2.24. The zero-order chi connectivity index (χ0) is 19.4. The molecule has 0 saturated carbocycles. The van der Waals surface area contributed by atoms with Crippen LogP contribution in [0.5, 0.6) is 0 Å². The molecule has 0 aliphatic rings. The first-order valence-corrected chi connectivity index (χ1v) is 7.50. The summed E-state index contributed by atoms with van der Waals surface area (Å²) < 4.78 is 45.8. The van der Waals surface area contributed by atoms with E-state index in [0.717, 1.165) is 13.2 Å². The van der Waals surface area contributed by atoms with E-state index in [1.165, 1.54) is 42.6 Å². The number of nitrogens with zero attached hydrogens (tertiary/aromatic N) is 1. The van der Waals surface area contributed by atoms with Crippen LogP contribution in [0.15, 0.2) is 48.7 Å². The average Bonchev–Trinajstić information content (AvgIpc) is 2.60. The standard InChI is InChI=1S/C16H13ClF3N3O3/c1-26-14(25)15(16(18,19)20,22-12-7-2-3-8-21-12)23-13(24)10-5-4-6-11(17)9-10/h2-9H,1H3,(H,21,22)(H,23,24). The summed E-state index contributed by atoms with van der Waals surface area (Å²) in [5.74, 6) is -3.23. The highest BCUT2D eigenvalue weighted by Gasteiger charge is 2.63. The maximum Gasteiger partial charge on any atom is 0.441 e. The summed E-state index contributed by atoms with van der Waals surface area (Å²) in [7, 11) is 0.772. The summed E-state index contributed by atoms with van der Waals surface area (Å²) in [4.78, 5) is 28.1. The smallest absolute Gasteiger partial charge is 0.441 e. The van der Waals surface area contributed by atoms with Gasteiger partial charge in [0.05, 0.1) is 7.11 Å². The number of methoxy groups -OCH3 is 1. The Morgan fingerprint density at radius 1 is 1.15 bits per heavy atom. The molecule has 10 heteroatoms. The van der Waals surface area contributed by atoms with Gasteiger partial charge in [0.25, 0.3) is 5.91 Å². The number of nitrogens with one attached hydrogen (secondary N) is 2. The summed E-state index contributed by atoms with van der Waals surface area (Å²) in [5.41, 5.74) is -3.71. The van der Waals surface area contributed by atoms with Gasteiger partial charge in [-0.2, -0.15) is 13.2 Å². The lowest BCUT2D eigenvalue weighted by molar-refractivity contribution is -0.203. The van der Waals surface area contributed by atoms with E-state index in [4.69, 9.17) is 11.6 Å². The van der Waals surface area contributed by atoms with Crippen molar-refractivity contribution in [3.63, 3.8) is 0 Å². The van der Waals surface area contributed by atoms with Gasteiger partial charge >= 0.3 is 17.8 Å². The number of rotatable bonds is 5. The van der Waals surface area contributed by atoms with Crippen LogP contribution in [-0.2, 0) is 9.53 Å². The van der Waals surface area contributed by atoms with Crippen molar-refractivity contribution >= 4 is 29.3 Å². The molecule has 0 aliphatic carbocycles. The monoisotopic (exact) mass is 387 g/mol. The van der Waals surface area contributed by atoms with E-state index in [1.807, 2.05) is 5.32 Å². The predicted octanol–water partition coefficient (Wildman–Crippen LogP) is 3.01. The lowest BCUT2D eigenvalue weighted by Gasteiger charge is -2.34. The summed E-state index contributed by atoms with van der Waals surface area (Å²) in [5, 5.41) is 3.73. The number of pyridine rings is 1. The molecule has 2 aromatic rings. The van der Waals surface area contributed by atoms with Crippen molar-refractivity contribution in [2.75, 3.05) is 12.4 Å². The van der Waals surface area contributed by atoms with Crippen molar-refractivity contribution in [2.45, 2.75) is 11.8 Å². The van der Waals surface area contributed by atoms with Gasteiger partial charge in [-0.15, -0.1) is 0 Å². The Kier molecular flexibility index (Phi) is 5.71. The van der Waals surface area contributed by atoms with Crippen LogP contribution in [0.2, 0.25) is 5.02 Å². The zero-order valence-electron chi connectivity index (χ0n) is 13.3. The molecule has 0 radical (unpaired) electrons. The maximum atomic E-state index is 13.8. The van der Waals surface area contributed by atoms with Crippen molar-refractivity contribution in [1.82, 2.24) is 10.3 Å². The van der Waals surface area contributed by atoms with Gasteiger partial charge in [-0.1, -0.05) is 23.7 Å². The third kappa shape index (κ3) is 4.05. The molecule has 1 heterocycles. The Morgan fingerprint density at radius 3 is 2.42 bits per heavy atom. The highest BCUT2D eigenvalue weighted by molar-refractivity contribution is 6.31. The Bertz CT molecular complexity index is 802. The highest BCUT2D eigenvalue weighted by atomic mass is 35.5. The molecule has 2 rings (SSSR count). The molecule has 0 fully saturated rings. The number of benzene rings is 1. The third-order valence-corrected chi connectivity index (χ3v) is 3.52. The van der Waals surface area contributed by atoms with Gasteiger partial charge in [-0.05, 0) is 30.3 Å². The fraction of sp³-hybridized carbons (Fsp3) is 0.188. The van der Waals surface area contributed by atoms with Crippen molar-refractivity contribution in [3.8, 4) is 0 Å². The van der Waals surface area contributed by atoms with Crippen LogP contribution in [0.4, 0.5) is 19.0 Å². The van der Waals surface area contributed by atoms with Crippen LogP contribution in [0.25, 0.3) is 0 Å². The van der Waals surface area contributed by atoms with Crippen LogP contribution in [0, 0.1) is 0 Å². The van der Waals surface area contributed by atoms with Gasteiger partial charge < -0.3 is 15.4 Å². The fourth-order valence-electron chi connectivity index (χ4n) is 2.04. The van der Waals surface area contributed by atoms with E-state index < -0.39 is 23.7 Å². The largest absolute Gasteiger partial charge is 0.466 e. The lowest BCUT2D eigenvalue weighted by atomic mass is 10.1. The van der Waals surface area contributed by atoms with E-state index in [2.05, 4.69) is 9.72 Å². The van der Waals surface area contributed by atoms with Gasteiger partial charge in [-0.25, -0.2) is 9.78 Å². The molecule has 138 valence electrons. The zero-order valence-corrected chi connectivity index (χ0v) is 14.1. The number of halogens is 4. The molecule has 26 heavy (non-hydrogen) atoms.